The number of carbonyl (C=O) groups is 1. The number of aromatic amines is 1. The average Bonchev–Trinajstić information content (AvgIpc) is 3.21. The van der Waals surface area contributed by atoms with Crippen LogP contribution in [0.3, 0.4) is 0 Å². The van der Waals surface area contributed by atoms with Crippen molar-refractivity contribution in [3.8, 4) is 0 Å². The molecule has 0 amide bonds. The fourth-order valence-electron chi connectivity index (χ4n) is 2.85. The molecule has 0 saturated carbocycles. The van der Waals surface area contributed by atoms with Crippen molar-refractivity contribution in [2.45, 2.75) is 39.1 Å². The van der Waals surface area contributed by atoms with Gasteiger partial charge in [0.1, 0.15) is 0 Å². The normalized spacial score (nSPS) is 11.2. The molecule has 8 heteroatoms. The molecule has 1 aromatic heterocycles. The first-order chi connectivity index (χ1) is 13.3. The van der Waals surface area contributed by atoms with Crippen LogP contribution in [-0.4, -0.2) is 62.4 Å². The quantitative estimate of drug-likeness (QED) is 0.640. The highest BCUT2D eigenvalue weighted by Gasteiger charge is 2.22. The molecule has 1 aromatic carbocycles. The van der Waals surface area contributed by atoms with Gasteiger partial charge < -0.3 is 4.74 Å². The smallest absolute Gasteiger partial charge is 0.196 e. The Morgan fingerprint density at radius 2 is 1.96 bits per heavy atom. The van der Waals surface area contributed by atoms with E-state index in [1.807, 2.05) is 20.8 Å². The van der Waals surface area contributed by atoms with Crippen molar-refractivity contribution < 1.29 is 17.9 Å². The summed E-state index contributed by atoms with van der Waals surface area (Å²) in [4.78, 5) is 15.1. The van der Waals surface area contributed by atoms with E-state index in [-0.39, 0.29) is 10.7 Å². The van der Waals surface area contributed by atoms with Crippen molar-refractivity contribution in [2.24, 2.45) is 0 Å². The summed E-state index contributed by atoms with van der Waals surface area (Å²) in [5, 5.41) is 6.44. The predicted molar refractivity (Wildman–Crippen MR) is 110 cm³/mol. The zero-order chi connectivity index (χ0) is 21.3. The van der Waals surface area contributed by atoms with Gasteiger partial charge in [-0.1, -0.05) is 20.8 Å². The Hall–Kier alpha value is -2.03. The zero-order valence-electron chi connectivity index (χ0n) is 17.6. The molecule has 0 fully saturated rings. The molecule has 2 rings (SSSR count). The summed E-state index contributed by atoms with van der Waals surface area (Å²) < 4.78 is 29.6. The molecule has 0 radical (unpaired) electrons. The van der Waals surface area contributed by atoms with Gasteiger partial charge in [0.05, 0.1) is 23.3 Å². The van der Waals surface area contributed by atoms with Crippen LogP contribution in [0.5, 0.6) is 0 Å². The molecule has 0 bridgehead atoms. The number of likely N-dealkylation sites (N-methyl/N-ethyl adjacent to an activating group) is 1. The second-order valence-electron chi connectivity index (χ2n) is 6.16. The van der Waals surface area contributed by atoms with Gasteiger partial charge in [0, 0.05) is 38.2 Å². The van der Waals surface area contributed by atoms with E-state index >= 15 is 0 Å². The highest BCUT2D eigenvalue weighted by atomic mass is 32.2. The molecule has 0 aliphatic rings. The Balaban J connectivity index is 0.00000190. The van der Waals surface area contributed by atoms with Gasteiger partial charge in [0.15, 0.2) is 15.6 Å². The van der Waals surface area contributed by atoms with Gasteiger partial charge in [-0.05, 0) is 36.7 Å². The number of hydrogen-bond acceptors (Lipinski definition) is 6. The van der Waals surface area contributed by atoms with Gasteiger partial charge in [-0.3, -0.25) is 14.8 Å². The maximum Gasteiger partial charge on any atom is 0.196 e. The van der Waals surface area contributed by atoms with Crippen LogP contribution in [0.4, 0.5) is 0 Å². The number of aromatic nitrogens is 2. The summed E-state index contributed by atoms with van der Waals surface area (Å²) in [7, 11) is -1.78. The lowest BCUT2D eigenvalue weighted by Crippen LogP contribution is -2.28. The maximum atomic E-state index is 12.7. The summed E-state index contributed by atoms with van der Waals surface area (Å²) in [6, 6.07) is 3.10. The number of methoxy groups -OCH3 is 1. The fourth-order valence-corrected chi connectivity index (χ4v) is 3.83. The highest BCUT2D eigenvalue weighted by Crippen LogP contribution is 2.26. The first kappa shape index (κ1) is 24.0. The molecular weight excluding hydrogens is 378 g/mol. The average molecular weight is 410 g/mol. The molecule has 7 nitrogen and oxygen atoms in total. The lowest BCUT2D eigenvalue weighted by atomic mass is 9.96. The number of rotatable bonds is 9. The van der Waals surface area contributed by atoms with E-state index in [0.717, 1.165) is 6.54 Å². The van der Waals surface area contributed by atoms with Crippen molar-refractivity contribution >= 4 is 15.6 Å². The third-order valence-corrected chi connectivity index (χ3v) is 5.58. The minimum atomic E-state index is -3.41. The van der Waals surface area contributed by atoms with E-state index in [1.54, 1.807) is 20.1 Å². The Bertz CT molecular complexity index is 862. The molecule has 0 atom stereocenters. The Morgan fingerprint density at radius 1 is 1.29 bits per heavy atom. The first-order valence-electron chi connectivity index (χ1n) is 9.36. The second kappa shape index (κ2) is 11.1. The van der Waals surface area contributed by atoms with Crippen LogP contribution in [0.25, 0.3) is 0 Å². The van der Waals surface area contributed by atoms with Crippen LogP contribution in [0.15, 0.2) is 29.4 Å². The van der Waals surface area contributed by atoms with Crippen molar-refractivity contribution in [3.63, 3.8) is 0 Å². The number of sulfone groups is 1. The van der Waals surface area contributed by atoms with Gasteiger partial charge in [-0.2, -0.15) is 5.10 Å². The summed E-state index contributed by atoms with van der Waals surface area (Å²) in [5.41, 5.74) is 2.25. The molecule has 0 aliphatic carbocycles. The van der Waals surface area contributed by atoms with Crippen molar-refractivity contribution in [2.75, 3.05) is 33.1 Å². The van der Waals surface area contributed by atoms with Crippen LogP contribution < -0.4 is 0 Å². The van der Waals surface area contributed by atoms with E-state index in [0.29, 0.717) is 42.0 Å². The molecule has 0 spiro atoms. The summed E-state index contributed by atoms with van der Waals surface area (Å²) >= 11 is 0. The summed E-state index contributed by atoms with van der Waals surface area (Å²) in [6.07, 6.45) is 4.18. The van der Waals surface area contributed by atoms with Crippen LogP contribution in [0.2, 0.25) is 0 Å². The number of carbonyl (C=O) groups excluding carboxylic acids is 1. The third-order valence-electron chi connectivity index (χ3n) is 4.40. The topological polar surface area (TPSA) is 92.4 Å². The predicted octanol–water partition coefficient (Wildman–Crippen LogP) is 2.85. The number of nitrogens with one attached hydrogen (secondary N) is 1. The molecule has 1 heterocycles. The molecule has 0 unspecified atom stereocenters. The van der Waals surface area contributed by atoms with Crippen molar-refractivity contribution in [3.05, 3.63) is 46.8 Å². The number of hydrogen-bond donors (Lipinski definition) is 1. The summed E-state index contributed by atoms with van der Waals surface area (Å²) in [5.74, 6) is -0.183. The minimum Gasteiger partial charge on any atom is -0.383 e. The SMILES string of the molecule is CC.CCN(CCOC)Cc1c(S(C)(=O)=O)ccc(C(=O)c2cn[nH]c2)c1C. The van der Waals surface area contributed by atoms with Gasteiger partial charge in [-0.25, -0.2) is 8.42 Å². The van der Waals surface area contributed by atoms with E-state index in [4.69, 9.17) is 4.74 Å². The standard InChI is InChI=1S/C18H25N3O4S.C2H6/c1-5-21(8-9-25-3)12-16-13(2)15(6-7-17(16)26(4,23)24)18(22)14-10-19-20-11-14;1-2/h6-7,10-11H,5,8-9,12H2,1-4H3,(H,19,20);1-2H3. The molecule has 0 aliphatic heterocycles. The Morgan fingerprint density at radius 3 is 2.46 bits per heavy atom. The lowest BCUT2D eigenvalue weighted by Gasteiger charge is -2.23. The molecule has 1 N–H and O–H groups in total. The van der Waals surface area contributed by atoms with Crippen LogP contribution in [0, 0.1) is 6.92 Å². The minimum absolute atomic E-state index is 0.183. The summed E-state index contributed by atoms with van der Waals surface area (Å²) in [6.45, 7) is 10.2. The maximum absolute atomic E-state index is 12.7. The van der Waals surface area contributed by atoms with Crippen LogP contribution >= 0.6 is 0 Å². The largest absolute Gasteiger partial charge is 0.383 e. The highest BCUT2D eigenvalue weighted by molar-refractivity contribution is 7.90. The Labute approximate surface area is 168 Å². The van der Waals surface area contributed by atoms with Gasteiger partial charge in [0.2, 0.25) is 0 Å². The van der Waals surface area contributed by atoms with Crippen LogP contribution in [-0.2, 0) is 21.1 Å². The molecule has 156 valence electrons. The number of H-pyrrole nitrogens is 1. The van der Waals surface area contributed by atoms with E-state index < -0.39 is 9.84 Å². The van der Waals surface area contributed by atoms with E-state index in [2.05, 4.69) is 15.1 Å². The van der Waals surface area contributed by atoms with Gasteiger partial charge in [-0.15, -0.1) is 0 Å². The number of benzene rings is 1. The fraction of sp³-hybridized carbons (Fsp3) is 0.500. The van der Waals surface area contributed by atoms with Crippen LogP contribution in [0.1, 0.15) is 47.8 Å². The van der Waals surface area contributed by atoms with E-state index in [1.165, 1.54) is 24.7 Å². The number of nitrogens with zero attached hydrogens (tertiary/aromatic N) is 2. The van der Waals surface area contributed by atoms with Gasteiger partial charge >= 0.3 is 0 Å². The molecule has 0 saturated heterocycles. The second-order valence-corrected chi connectivity index (χ2v) is 8.15. The van der Waals surface area contributed by atoms with Gasteiger partial charge in [0.25, 0.3) is 0 Å². The molecular formula is C20H31N3O4S. The Kier molecular flexibility index (Phi) is 9.51. The van der Waals surface area contributed by atoms with Crippen molar-refractivity contribution in [1.29, 1.82) is 0 Å². The third kappa shape index (κ3) is 5.98. The number of ether oxygens (including phenoxy) is 1. The first-order valence-corrected chi connectivity index (χ1v) is 11.3. The number of ketones is 1. The monoisotopic (exact) mass is 409 g/mol. The van der Waals surface area contributed by atoms with E-state index in [9.17, 15) is 13.2 Å². The molecule has 28 heavy (non-hydrogen) atoms. The zero-order valence-corrected chi connectivity index (χ0v) is 18.4. The lowest BCUT2D eigenvalue weighted by molar-refractivity contribution is 0.103. The molecule has 2 aromatic rings. The van der Waals surface area contributed by atoms with Crippen molar-refractivity contribution in [1.82, 2.24) is 15.1 Å².